The number of benzene rings is 1. The molecule has 0 bridgehead atoms. The molecule has 2 heterocycles. The van der Waals surface area contributed by atoms with Gasteiger partial charge in [-0.3, -0.25) is 4.90 Å². The van der Waals surface area contributed by atoms with Gasteiger partial charge in [-0.15, -0.1) is 12.4 Å². The Labute approximate surface area is 157 Å². The fraction of sp³-hybridized carbons (Fsp3) is 0.647. The van der Waals surface area contributed by atoms with Crippen LogP contribution in [0.2, 0.25) is 0 Å². The van der Waals surface area contributed by atoms with Crippen LogP contribution in [-0.4, -0.2) is 70.1 Å². The van der Waals surface area contributed by atoms with Gasteiger partial charge in [-0.2, -0.15) is 17.4 Å². The average Bonchev–Trinajstić information content (AvgIpc) is 3.24. The average molecular weight is 390 g/mol. The monoisotopic (exact) mass is 389 g/mol. The lowest BCUT2D eigenvalue weighted by Gasteiger charge is -2.24. The Morgan fingerprint density at radius 3 is 2.48 bits per heavy atom. The second kappa shape index (κ2) is 9.30. The van der Waals surface area contributed by atoms with Crippen molar-refractivity contribution in [3.63, 3.8) is 0 Å². The van der Waals surface area contributed by atoms with E-state index in [1.807, 2.05) is 18.2 Å². The molecule has 2 aliphatic rings. The molecule has 1 N–H and O–H groups in total. The van der Waals surface area contributed by atoms with Crippen LogP contribution in [0.4, 0.5) is 0 Å². The summed E-state index contributed by atoms with van der Waals surface area (Å²) in [4.78, 5) is 2.28. The van der Waals surface area contributed by atoms with Gasteiger partial charge < -0.3 is 4.74 Å². The van der Waals surface area contributed by atoms with Gasteiger partial charge in [0.15, 0.2) is 0 Å². The van der Waals surface area contributed by atoms with Crippen molar-refractivity contribution in [2.45, 2.75) is 24.8 Å². The Morgan fingerprint density at radius 2 is 1.84 bits per heavy atom. The predicted octanol–water partition coefficient (Wildman–Crippen LogP) is 1.45. The van der Waals surface area contributed by atoms with Gasteiger partial charge in [0.2, 0.25) is 0 Å². The molecule has 0 spiro atoms. The van der Waals surface area contributed by atoms with Crippen molar-refractivity contribution in [3.8, 4) is 0 Å². The molecular weight excluding hydrogens is 362 g/mol. The molecule has 0 saturated carbocycles. The van der Waals surface area contributed by atoms with E-state index in [2.05, 4.69) is 21.8 Å². The van der Waals surface area contributed by atoms with Gasteiger partial charge >= 0.3 is 0 Å². The topological polar surface area (TPSA) is 61.9 Å². The zero-order valence-electron chi connectivity index (χ0n) is 14.6. The first-order valence-electron chi connectivity index (χ1n) is 8.64. The maximum atomic E-state index is 12.7. The first-order valence-corrected chi connectivity index (χ1v) is 10.1. The molecule has 0 radical (unpaired) electrons. The molecule has 1 aromatic rings. The lowest BCUT2D eigenvalue weighted by Crippen LogP contribution is -2.47. The summed E-state index contributed by atoms with van der Waals surface area (Å²) >= 11 is 0. The molecule has 25 heavy (non-hydrogen) atoms. The van der Waals surface area contributed by atoms with Gasteiger partial charge in [-0.05, 0) is 18.4 Å². The van der Waals surface area contributed by atoms with Crippen molar-refractivity contribution in [2.24, 2.45) is 0 Å². The minimum atomic E-state index is -3.40. The highest BCUT2D eigenvalue weighted by Crippen LogP contribution is 2.28. The molecule has 3 rings (SSSR count). The van der Waals surface area contributed by atoms with Crippen molar-refractivity contribution in [1.29, 1.82) is 0 Å². The summed E-state index contributed by atoms with van der Waals surface area (Å²) in [6, 6.07) is 10.1. The van der Waals surface area contributed by atoms with Crippen LogP contribution in [0.25, 0.3) is 0 Å². The highest BCUT2D eigenvalue weighted by Gasteiger charge is 2.38. The van der Waals surface area contributed by atoms with E-state index in [9.17, 15) is 8.42 Å². The minimum absolute atomic E-state index is 0. The molecule has 2 fully saturated rings. The van der Waals surface area contributed by atoms with Crippen LogP contribution < -0.4 is 4.72 Å². The number of nitrogens with one attached hydrogen (secondary N) is 1. The smallest absolute Gasteiger partial charge is 0.279 e. The molecule has 0 unspecified atom stereocenters. The van der Waals surface area contributed by atoms with Crippen molar-refractivity contribution < 1.29 is 13.2 Å². The van der Waals surface area contributed by atoms with Gasteiger partial charge in [0.1, 0.15) is 0 Å². The number of likely N-dealkylation sites (tertiary alicyclic amines) is 1. The van der Waals surface area contributed by atoms with E-state index in [4.69, 9.17) is 4.74 Å². The van der Waals surface area contributed by atoms with E-state index in [1.165, 1.54) is 5.56 Å². The summed E-state index contributed by atoms with van der Waals surface area (Å²) in [6.07, 6.45) is 1.90. The molecular formula is C17H28ClN3O3S. The normalized spacial score (nSPS) is 25.2. The fourth-order valence-electron chi connectivity index (χ4n) is 3.64. The Morgan fingerprint density at radius 1 is 1.16 bits per heavy atom. The maximum absolute atomic E-state index is 12.7. The van der Waals surface area contributed by atoms with Gasteiger partial charge in [0.05, 0.1) is 6.61 Å². The highest BCUT2D eigenvalue weighted by atomic mass is 35.5. The van der Waals surface area contributed by atoms with Crippen LogP contribution in [0.1, 0.15) is 24.3 Å². The first kappa shape index (κ1) is 20.6. The molecule has 2 saturated heterocycles. The quantitative estimate of drug-likeness (QED) is 0.766. The molecule has 8 heteroatoms. The minimum Gasteiger partial charge on any atom is -0.383 e. The van der Waals surface area contributed by atoms with Crippen molar-refractivity contribution >= 4 is 22.6 Å². The lowest BCUT2D eigenvalue weighted by molar-refractivity contribution is 0.159. The summed E-state index contributed by atoms with van der Waals surface area (Å²) in [5, 5.41) is 0. The van der Waals surface area contributed by atoms with E-state index >= 15 is 0 Å². The Balaban J connectivity index is 0.00000225. The molecule has 0 aliphatic carbocycles. The van der Waals surface area contributed by atoms with Crippen LogP contribution in [0, 0.1) is 0 Å². The maximum Gasteiger partial charge on any atom is 0.279 e. The van der Waals surface area contributed by atoms with Crippen LogP contribution in [0.3, 0.4) is 0 Å². The Bertz CT molecular complexity index is 623. The Kier molecular flexibility index (Phi) is 7.67. The standard InChI is InChI=1S/C17H27N3O3S.ClH/c1-23-12-11-19-13-16(15-7-3-2-4-8-15)17(14-19)18-24(21,22)20-9-5-6-10-20;/h2-4,7-8,16-18H,5-6,9-14H2,1H3;1H/t16-,17+;/m1./s1. The molecule has 2 atom stereocenters. The SMILES string of the molecule is COCCN1C[C@H](NS(=O)(=O)N2CCCC2)[C@@H](c2ccccc2)C1.Cl. The molecule has 6 nitrogen and oxygen atoms in total. The molecule has 2 aliphatic heterocycles. The van der Waals surface area contributed by atoms with Crippen molar-refractivity contribution in [2.75, 3.05) is 46.4 Å². The third-order valence-electron chi connectivity index (χ3n) is 4.94. The number of hydrogen-bond acceptors (Lipinski definition) is 4. The van der Waals surface area contributed by atoms with Crippen LogP contribution in [-0.2, 0) is 14.9 Å². The first-order chi connectivity index (χ1) is 11.6. The summed E-state index contributed by atoms with van der Waals surface area (Å²) < 4.78 is 35.0. The van der Waals surface area contributed by atoms with E-state index < -0.39 is 10.2 Å². The number of methoxy groups -OCH3 is 1. The van der Waals surface area contributed by atoms with E-state index in [0.29, 0.717) is 19.7 Å². The molecule has 0 aromatic heterocycles. The van der Waals surface area contributed by atoms with Crippen LogP contribution in [0.5, 0.6) is 0 Å². The number of hydrogen-bond donors (Lipinski definition) is 1. The van der Waals surface area contributed by atoms with Crippen LogP contribution in [0.15, 0.2) is 30.3 Å². The van der Waals surface area contributed by atoms with Crippen LogP contribution >= 0.6 is 12.4 Å². The number of rotatable bonds is 7. The van der Waals surface area contributed by atoms with E-state index in [1.54, 1.807) is 11.4 Å². The number of ether oxygens (including phenoxy) is 1. The van der Waals surface area contributed by atoms with Crippen molar-refractivity contribution in [1.82, 2.24) is 13.9 Å². The summed E-state index contributed by atoms with van der Waals surface area (Å²) in [5.74, 6) is 0.167. The summed E-state index contributed by atoms with van der Waals surface area (Å²) in [6.45, 7) is 4.31. The molecule has 142 valence electrons. The predicted molar refractivity (Wildman–Crippen MR) is 101 cm³/mol. The highest BCUT2D eigenvalue weighted by molar-refractivity contribution is 7.87. The summed E-state index contributed by atoms with van der Waals surface area (Å²) in [7, 11) is -1.71. The van der Waals surface area contributed by atoms with E-state index in [-0.39, 0.29) is 24.4 Å². The van der Waals surface area contributed by atoms with Gasteiger partial charge in [-0.25, -0.2) is 0 Å². The van der Waals surface area contributed by atoms with Gasteiger partial charge in [0, 0.05) is 51.8 Å². The summed E-state index contributed by atoms with van der Waals surface area (Å²) in [5.41, 5.74) is 1.19. The Hall–Kier alpha value is -0.700. The lowest BCUT2D eigenvalue weighted by atomic mass is 9.95. The largest absolute Gasteiger partial charge is 0.383 e. The zero-order chi connectivity index (χ0) is 17.0. The fourth-order valence-corrected chi connectivity index (χ4v) is 5.15. The second-order valence-electron chi connectivity index (χ2n) is 6.61. The number of halogens is 1. The van der Waals surface area contributed by atoms with E-state index in [0.717, 1.165) is 32.5 Å². The third kappa shape index (κ3) is 5.15. The molecule has 1 aromatic carbocycles. The number of nitrogens with zero attached hydrogens (tertiary/aromatic N) is 2. The molecule has 0 amide bonds. The van der Waals surface area contributed by atoms with Crippen molar-refractivity contribution in [3.05, 3.63) is 35.9 Å². The van der Waals surface area contributed by atoms with Gasteiger partial charge in [0.25, 0.3) is 10.2 Å². The second-order valence-corrected chi connectivity index (χ2v) is 8.31. The zero-order valence-corrected chi connectivity index (χ0v) is 16.3. The third-order valence-corrected chi connectivity index (χ3v) is 6.59. The van der Waals surface area contributed by atoms with Gasteiger partial charge in [-0.1, -0.05) is 30.3 Å².